The zero-order chi connectivity index (χ0) is 14.1. The van der Waals surface area contributed by atoms with Crippen LogP contribution in [-0.4, -0.2) is 14.8 Å². The van der Waals surface area contributed by atoms with Crippen molar-refractivity contribution >= 4 is 0 Å². The quantitative estimate of drug-likeness (QED) is 0.726. The summed E-state index contributed by atoms with van der Waals surface area (Å²) in [6.45, 7) is 0.990. The third kappa shape index (κ3) is 2.47. The minimum atomic E-state index is 0.695. The third-order valence-electron chi connectivity index (χ3n) is 4.25. The molecule has 3 nitrogen and oxygen atoms in total. The lowest BCUT2D eigenvalue weighted by atomic mass is 10.1. The summed E-state index contributed by atoms with van der Waals surface area (Å²) >= 11 is 0. The van der Waals surface area contributed by atoms with Crippen molar-refractivity contribution in [2.45, 2.75) is 18.9 Å². The van der Waals surface area contributed by atoms with Gasteiger partial charge in [-0.05, 0) is 42.0 Å². The number of benzene rings is 1. The Balaban J connectivity index is 1.52. The first-order chi connectivity index (χ1) is 10.4. The van der Waals surface area contributed by atoms with Gasteiger partial charge in [-0.25, -0.2) is 0 Å². The molecule has 0 spiro atoms. The van der Waals surface area contributed by atoms with Gasteiger partial charge >= 0.3 is 0 Å². The molecule has 0 N–H and O–H groups in total. The summed E-state index contributed by atoms with van der Waals surface area (Å²) < 4.78 is 2.13. The van der Waals surface area contributed by atoms with Crippen LogP contribution in [0.4, 0.5) is 0 Å². The van der Waals surface area contributed by atoms with Crippen LogP contribution in [0.25, 0.3) is 11.3 Å². The van der Waals surface area contributed by atoms with Crippen molar-refractivity contribution in [1.29, 1.82) is 0 Å². The molecule has 104 valence electrons. The van der Waals surface area contributed by atoms with E-state index < -0.39 is 0 Å². The van der Waals surface area contributed by atoms with Crippen molar-refractivity contribution in [3.8, 4) is 11.3 Å². The zero-order valence-corrected chi connectivity index (χ0v) is 11.8. The van der Waals surface area contributed by atoms with Gasteiger partial charge in [-0.15, -0.1) is 0 Å². The summed E-state index contributed by atoms with van der Waals surface area (Å²) in [4.78, 5) is 4.08. The SMILES string of the molecule is c1ccc([C@@H]2C[C@H]2Cn2nccc2-c2ccncc2)cc1. The molecule has 1 aliphatic carbocycles. The Morgan fingerprint density at radius 2 is 1.76 bits per heavy atom. The topological polar surface area (TPSA) is 30.7 Å². The van der Waals surface area contributed by atoms with E-state index in [2.05, 4.69) is 51.2 Å². The van der Waals surface area contributed by atoms with E-state index in [1.807, 2.05) is 30.7 Å². The molecule has 3 heteroatoms. The largest absolute Gasteiger partial charge is 0.265 e. The van der Waals surface area contributed by atoms with E-state index in [4.69, 9.17) is 0 Å². The highest BCUT2D eigenvalue weighted by molar-refractivity contribution is 5.58. The molecule has 3 aromatic rings. The standard InChI is InChI=1S/C18H17N3/c1-2-4-14(5-3-1)17-12-16(17)13-21-18(8-11-20-21)15-6-9-19-10-7-15/h1-11,16-17H,12-13H2/t16-,17-/m0/s1. The fourth-order valence-electron chi connectivity index (χ4n) is 3.03. The molecule has 2 aromatic heterocycles. The minimum absolute atomic E-state index is 0.695. The molecule has 0 amide bonds. The Morgan fingerprint density at radius 3 is 2.57 bits per heavy atom. The molecule has 2 heterocycles. The van der Waals surface area contributed by atoms with Gasteiger partial charge in [0.1, 0.15) is 0 Å². The molecule has 1 fully saturated rings. The fraction of sp³-hybridized carbons (Fsp3) is 0.222. The van der Waals surface area contributed by atoms with E-state index in [0.717, 1.165) is 6.54 Å². The second-order valence-electron chi connectivity index (χ2n) is 5.65. The van der Waals surface area contributed by atoms with Crippen molar-refractivity contribution in [3.05, 3.63) is 72.7 Å². The van der Waals surface area contributed by atoms with E-state index >= 15 is 0 Å². The second kappa shape index (κ2) is 5.17. The molecular weight excluding hydrogens is 258 g/mol. The maximum absolute atomic E-state index is 4.50. The average molecular weight is 275 g/mol. The van der Waals surface area contributed by atoms with Crippen LogP contribution in [0.5, 0.6) is 0 Å². The molecule has 0 saturated heterocycles. The van der Waals surface area contributed by atoms with Gasteiger partial charge in [0.05, 0.1) is 5.69 Å². The molecule has 0 unspecified atom stereocenters. The van der Waals surface area contributed by atoms with Crippen molar-refractivity contribution in [1.82, 2.24) is 14.8 Å². The summed E-state index contributed by atoms with van der Waals surface area (Å²) in [5.74, 6) is 1.40. The smallest absolute Gasteiger partial charge is 0.0683 e. The van der Waals surface area contributed by atoms with Crippen LogP contribution >= 0.6 is 0 Å². The predicted molar refractivity (Wildman–Crippen MR) is 82.7 cm³/mol. The molecule has 1 aromatic carbocycles. The van der Waals surface area contributed by atoms with Crippen LogP contribution in [0, 0.1) is 5.92 Å². The van der Waals surface area contributed by atoms with Gasteiger partial charge in [0, 0.05) is 30.7 Å². The van der Waals surface area contributed by atoms with Gasteiger partial charge in [-0.3, -0.25) is 9.67 Å². The first-order valence-corrected chi connectivity index (χ1v) is 7.39. The van der Waals surface area contributed by atoms with Gasteiger partial charge in [0.15, 0.2) is 0 Å². The summed E-state index contributed by atoms with van der Waals surface area (Å²) in [5, 5.41) is 4.50. The zero-order valence-electron chi connectivity index (χ0n) is 11.8. The van der Waals surface area contributed by atoms with Gasteiger partial charge in [-0.1, -0.05) is 30.3 Å². The monoisotopic (exact) mass is 275 g/mol. The maximum atomic E-state index is 4.50. The Hall–Kier alpha value is -2.42. The molecular formula is C18H17N3. The molecule has 4 rings (SSSR count). The lowest BCUT2D eigenvalue weighted by Gasteiger charge is -2.07. The van der Waals surface area contributed by atoms with Gasteiger partial charge < -0.3 is 0 Å². The van der Waals surface area contributed by atoms with Gasteiger partial charge in [-0.2, -0.15) is 5.10 Å². The van der Waals surface area contributed by atoms with Crippen LogP contribution in [0.3, 0.4) is 0 Å². The molecule has 2 atom stereocenters. The van der Waals surface area contributed by atoms with E-state index in [-0.39, 0.29) is 0 Å². The first-order valence-electron chi connectivity index (χ1n) is 7.39. The number of pyridine rings is 1. The summed E-state index contributed by atoms with van der Waals surface area (Å²) in [6, 6.07) is 17.0. The van der Waals surface area contributed by atoms with Crippen LogP contribution in [-0.2, 0) is 6.54 Å². The van der Waals surface area contributed by atoms with Crippen molar-refractivity contribution in [2.24, 2.45) is 5.92 Å². The molecule has 0 radical (unpaired) electrons. The predicted octanol–water partition coefficient (Wildman–Crippen LogP) is 3.75. The Labute approximate surface area is 124 Å². The van der Waals surface area contributed by atoms with E-state index in [0.29, 0.717) is 11.8 Å². The first kappa shape index (κ1) is 12.3. The molecule has 0 aliphatic heterocycles. The van der Waals surface area contributed by atoms with Gasteiger partial charge in [0.2, 0.25) is 0 Å². The van der Waals surface area contributed by atoms with Crippen molar-refractivity contribution < 1.29 is 0 Å². The second-order valence-corrected chi connectivity index (χ2v) is 5.65. The van der Waals surface area contributed by atoms with Crippen LogP contribution in [0.2, 0.25) is 0 Å². The van der Waals surface area contributed by atoms with Crippen LogP contribution in [0.15, 0.2) is 67.1 Å². The number of aromatic nitrogens is 3. The molecule has 0 bridgehead atoms. The summed E-state index contributed by atoms with van der Waals surface area (Å²) in [6.07, 6.45) is 6.81. The highest BCUT2D eigenvalue weighted by Crippen LogP contribution is 2.48. The van der Waals surface area contributed by atoms with Crippen molar-refractivity contribution in [3.63, 3.8) is 0 Å². The van der Waals surface area contributed by atoms with Crippen LogP contribution < -0.4 is 0 Å². The lowest BCUT2D eigenvalue weighted by Crippen LogP contribution is -2.04. The number of rotatable bonds is 4. The molecule has 1 saturated carbocycles. The number of nitrogens with zero attached hydrogens (tertiary/aromatic N) is 3. The van der Waals surface area contributed by atoms with Crippen LogP contribution in [0.1, 0.15) is 17.9 Å². The Bertz CT molecular complexity index is 718. The minimum Gasteiger partial charge on any atom is -0.265 e. The lowest BCUT2D eigenvalue weighted by molar-refractivity contribution is 0.558. The van der Waals surface area contributed by atoms with Crippen molar-refractivity contribution in [2.75, 3.05) is 0 Å². The van der Waals surface area contributed by atoms with Gasteiger partial charge in [0.25, 0.3) is 0 Å². The average Bonchev–Trinajstić information content (AvgIpc) is 3.16. The normalized spacial score (nSPS) is 20.4. The number of hydrogen-bond acceptors (Lipinski definition) is 2. The highest BCUT2D eigenvalue weighted by Gasteiger charge is 2.38. The Kier molecular flexibility index (Phi) is 3.03. The van der Waals surface area contributed by atoms with E-state index in [1.54, 1.807) is 0 Å². The summed E-state index contributed by atoms with van der Waals surface area (Å²) in [5.41, 5.74) is 3.82. The van der Waals surface area contributed by atoms with E-state index in [1.165, 1.54) is 23.2 Å². The highest BCUT2D eigenvalue weighted by atomic mass is 15.3. The Morgan fingerprint density at radius 1 is 0.952 bits per heavy atom. The van der Waals surface area contributed by atoms with E-state index in [9.17, 15) is 0 Å². The fourth-order valence-corrected chi connectivity index (χ4v) is 3.03. The maximum Gasteiger partial charge on any atom is 0.0683 e. The molecule has 1 aliphatic rings. The summed E-state index contributed by atoms with van der Waals surface area (Å²) in [7, 11) is 0. The molecule has 21 heavy (non-hydrogen) atoms. The third-order valence-corrected chi connectivity index (χ3v) is 4.25. The number of hydrogen-bond donors (Lipinski definition) is 0.